The summed E-state index contributed by atoms with van der Waals surface area (Å²) in [4.78, 5) is 2.45. The summed E-state index contributed by atoms with van der Waals surface area (Å²) in [7, 11) is 0. The van der Waals surface area contributed by atoms with E-state index in [-0.39, 0.29) is 13.2 Å². The van der Waals surface area contributed by atoms with Crippen LogP contribution in [0.4, 0.5) is 0 Å². The number of aliphatic hydroxyl groups excluding tert-OH is 2. The fraction of sp³-hybridized carbons (Fsp3) is 1.00. The number of aliphatic hydroxyl groups is 2. The van der Waals surface area contributed by atoms with Crippen LogP contribution in [0.1, 0.15) is 110 Å². The smallest absolute Gasteiger partial charge is 0.0701 e. The Hall–Kier alpha value is -0.440. The van der Waals surface area contributed by atoms with Crippen molar-refractivity contribution >= 4 is 0 Å². The molecule has 49 heavy (non-hydrogen) atoms. The summed E-state index contributed by atoms with van der Waals surface area (Å²) in [6, 6.07) is 0. The molecule has 0 rings (SSSR count). The SMILES string of the molecule is CCCCCCCCCCCCCCCCCCN(CCOCCOCCOCCOCCO)CCOCCOCCOCCOCCO. The van der Waals surface area contributed by atoms with Gasteiger partial charge in [-0.3, -0.25) is 4.90 Å². The molecule has 0 unspecified atom stereocenters. The maximum atomic E-state index is 8.68. The maximum Gasteiger partial charge on any atom is 0.0701 e. The molecule has 0 radical (unpaired) electrons. The lowest BCUT2D eigenvalue weighted by Crippen LogP contribution is -2.32. The molecule has 11 heteroatoms. The fourth-order valence-electron chi connectivity index (χ4n) is 5.26. The fourth-order valence-corrected chi connectivity index (χ4v) is 5.26. The van der Waals surface area contributed by atoms with Gasteiger partial charge in [-0.05, 0) is 13.0 Å². The number of ether oxygens (including phenoxy) is 8. The second kappa shape index (κ2) is 45.6. The van der Waals surface area contributed by atoms with Gasteiger partial charge in [-0.25, -0.2) is 0 Å². The van der Waals surface area contributed by atoms with Crippen LogP contribution in [0.2, 0.25) is 0 Å². The van der Waals surface area contributed by atoms with Crippen molar-refractivity contribution in [2.24, 2.45) is 0 Å². The second-order valence-corrected chi connectivity index (χ2v) is 12.5. The molecule has 0 bridgehead atoms. The van der Waals surface area contributed by atoms with E-state index >= 15 is 0 Å². The quantitative estimate of drug-likeness (QED) is 0.0763. The summed E-state index contributed by atoms with van der Waals surface area (Å²) < 4.78 is 44.0. The topological polar surface area (TPSA) is 118 Å². The number of rotatable bonds is 45. The van der Waals surface area contributed by atoms with Gasteiger partial charge in [0.2, 0.25) is 0 Å². The highest BCUT2D eigenvalue weighted by atomic mass is 16.6. The molecule has 0 aliphatic heterocycles. The van der Waals surface area contributed by atoms with Crippen molar-refractivity contribution in [3.8, 4) is 0 Å². The highest BCUT2D eigenvalue weighted by Crippen LogP contribution is 2.14. The summed E-state index contributed by atoms with van der Waals surface area (Å²) in [5.41, 5.74) is 0. The molecule has 0 fully saturated rings. The molecule has 0 aromatic rings. The zero-order chi connectivity index (χ0) is 35.4. The van der Waals surface area contributed by atoms with Crippen molar-refractivity contribution in [3.05, 3.63) is 0 Å². The molecular weight excluding hydrogens is 630 g/mol. The molecule has 0 spiro atoms. The van der Waals surface area contributed by atoms with Crippen LogP contribution in [-0.2, 0) is 37.9 Å². The summed E-state index contributed by atoms with van der Waals surface area (Å²) in [5, 5.41) is 17.4. The molecular formula is C38H79NO10. The van der Waals surface area contributed by atoms with Crippen LogP contribution in [0.3, 0.4) is 0 Å². The van der Waals surface area contributed by atoms with Gasteiger partial charge in [-0.1, -0.05) is 103 Å². The van der Waals surface area contributed by atoms with Crippen LogP contribution in [0, 0.1) is 0 Å². The first-order valence-corrected chi connectivity index (χ1v) is 19.9. The number of hydrogen-bond donors (Lipinski definition) is 2. The summed E-state index contributed by atoms with van der Waals surface area (Å²) in [6.45, 7) is 13.6. The predicted octanol–water partition coefficient (Wildman–Crippen LogP) is 5.67. The van der Waals surface area contributed by atoms with Crippen molar-refractivity contribution in [1.82, 2.24) is 4.90 Å². The van der Waals surface area contributed by atoms with Gasteiger partial charge >= 0.3 is 0 Å². The summed E-state index contributed by atoms with van der Waals surface area (Å²) in [6.07, 6.45) is 22.1. The molecule has 0 saturated carbocycles. The van der Waals surface area contributed by atoms with Crippen molar-refractivity contribution < 1.29 is 48.1 Å². The third-order valence-electron chi connectivity index (χ3n) is 8.13. The van der Waals surface area contributed by atoms with E-state index in [9.17, 15) is 0 Å². The molecule has 296 valence electrons. The van der Waals surface area contributed by atoms with Crippen LogP contribution in [0.25, 0.3) is 0 Å². The van der Waals surface area contributed by atoms with Gasteiger partial charge in [-0.15, -0.1) is 0 Å². The lowest BCUT2D eigenvalue weighted by Gasteiger charge is -2.22. The average molecular weight is 710 g/mol. The van der Waals surface area contributed by atoms with E-state index in [1.807, 2.05) is 0 Å². The Balaban J connectivity index is 3.91. The van der Waals surface area contributed by atoms with Crippen LogP contribution >= 0.6 is 0 Å². The van der Waals surface area contributed by atoms with E-state index in [0.717, 1.165) is 19.6 Å². The maximum absolute atomic E-state index is 8.68. The molecule has 0 aromatic carbocycles. The van der Waals surface area contributed by atoms with Crippen LogP contribution in [-0.4, -0.2) is 154 Å². The minimum atomic E-state index is 0.0340. The van der Waals surface area contributed by atoms with Crippen LogP contribution < -0.4 is 0 Å². The highest BCUT2D eigenvalue weighted by Gasteiger charge is 2.06. The minimum absolute atomic E-state index is 0.0340. The molecule has 0 saturated heterocycles. The van der Waals surface area contributed by atoms with E-state index in [1.165, 1.54) is 103 Å². The minimum Gasteiger partial charge on any atom is -0.394 e. The third-order valence-corrected chi connectivity index (χ3v) is 8.13. The second-order valence-electron chi connectivity index (χ2n) is 12.5. The van der Waals surface area contributed by atoms with Crippen LogP contribution in [0.15, 0.2) is 0 Å². The van der Waals surface area contributed by atoms with E-state index in [2.05, 4.69) is 11.8 Å². The van der Waals surface area contributed by atoms with Crippen molar-refractivity contribution in [1.29, 1.82) is 0 Å². The standard InChI is InChI=1S/C38H79NO10/c1-2-3-4-5-6-7-8-9-10-11-12-13-14-15-16-17-18-39(19-23-42-27-31-46-35-37-48-33-29-44-25-21-40)20-24-43-28-32-47-36-38-49-34-30-45-26-22-41/h40-41H,2-38H2,1H3. The first-order chi connectivity index (χ1) is 24.3. The van der Waals surface area contributed by atoms with Gasteiger partial charge in [0.1, 0.15) is 0 Å². The first-order valence-electron chi connectivity index (χ1n) is 19.9. The van der Waals surface area contributed by atoms with E-state index in [1.54, 1.807) is 0 Å². The average Bonchev–Trinajstić information content (AvgIpc) is 3.11. The molecule has 0 aromatic heterocycles. The Morgan fingerprint density at radius 1 is 0.286 bits per heavy atom. The lowest BCUT2D eigenvalue weighted by molar-refractivity contribution is -0.0113. The molecule has 0 heterocycles. The summed E-state index contributed by atoms with van der Waals surface area (Å²) in [5.74, 6) is 0. The van der Waals surface area contributed by atoms with E-state index in [4.69, 9.17) is 48.1 Å². The van der Waals surface area contributed by atoms with Crippen molar-refractivity contribution in [3.63, 3.8) is 0 Å². The zero-order valence-electron chi connectivity index (χ0n) is 31.8. The van der Waals surface area contributed by atoms with E-state index < -0.39 is 0 Å². The first kappa shape index (κ1) is 48.6. The Kier molecular flexibility index (Phi) is 45.2. The molecule has 0 amide bonds. The van der Waals surface area contributed by atoms with Crippen molar-refractivity contribution in [2.75, 3.05) is 139 Å². The largest absolute Gasteiger partial charge is 0.394 e. The summed E-state index contributed by atoms with van der Waals surface area (Å²) >= 11 is 0. The normalized spacial score (nSPS) is 11.8. The Labute approximate surface area is 300 Å². The Bertz CT molecular complexity index is 549. The van der Waals surface area contributed by atoms with Gasteiger partial charge in [0, 0.05) is 13.1 Å². The molecule has 0 atom stereocenters. The number of hydrogen-bond acceptors (Lipinski definition) is 11. The molecule has 11 nitrogen and oxygen atoms in total. The number of unbranched alkanes of at least 4 members (excludes halogenated alkanes) is 15. The predicted molar refractivity (Wildman–Crippen MR) is 197 cm³/mol. The van der Waals surface area contributed by atoms with E-state index in [0.29, 0.717) is 106 Å². The zero-order valence-corrected chi connectivity index (χ0v) is 31.8. The Morgan fingerprint density at radius 3 is 0.816 bits per heavy atom. The lowest BCUT2D eigenvalue weighted by atomic mass is 10.0. The number of nitrogens with zero attached hydrogens (tertiary/aromatic N) is 1. The third kappa shape index (κ3) is 43.6. The van der Waals surface area contributed by atoms with Crippen LogP contribution in [0.5, 0.6) is 0 Å². The Morgan fingerprint density at radius 2 is 0.531 bits per heavy atom. The van der Waals surface area contributed by atoms with Gasteiger partial charge in [0.15, 0.2) is 0 Å². The molecule has 0 aliphatic rings. The van der Waals surface area contributed by atoms with Crippen molar-refractivity contribution in [2.45, 2.75) is 110 Å². The van der Waals surface area contributed by atoms with Gasteiger partial charge in [0.25, 0.3) is 0 Å². The van der Waals surface area contributed by atoms with Gasteiger partial charge < -0.3 is 48.1 Å². The van der Waals surface area contributed by atoms with Gasteiger partial charge in [-0.2, -0.15) is 0 Å². The molecule has 2 N–H and O–H groups in total. The monoisotopic (exact) mass is 710 g/mol. The molecule has 0 aliphatic carbocycles. The highest BCUT2D eigenvalue weighted by molar-refractivity contribution is 4.59. The van der Waals surface area contributed by atoms with Gasteiger partial charge in [0.05, 0.1) is 119 Å².